The van der Waals surface area contributed by atoms with Gasteiger partial charge in [0.1, 0.15) is 6.04 Å². The summed E-state index contributed by atoms with van der Waals surface area (Å²) in [5.74, 6) is -0.257. The van der Waals surface area contributed by atoms with Crippen molar-refractivity contribution in [2.45, 2.75) is 37.1 Å². The molecule has 1 aliphatic heterocycles. The van der Waals surface area contributed by atoms with Crippen LogP contribution in [0.15, 0.2) is 34.5 Å². The Hall–Kier alpha value is -1.48. The van der Waals surface area contributed by atoms with E-state index in [9.17, 15) is 13.2 Å². The van der Waals surface area contributed by atoms with Gasteiger partial charge in [-0.05, 0) is 44.0 Å². The highest BCUT2D eigenvalue weighted by Gasteiger charge is 2.39. The lowest BCUT2D eigenvalue weighted by Crippen LogP contribution is -2.46. The van der Waals surface area contributed by atoms with Crippen LogP contribution in [0.5, 0.6) is 0 Å². The molecule has 0 saturated carbocycles. The Kier molecular flexibility index (Phi) is 5.96. The summed E-state index contributed by atoms with van der Waals surface area (Å²) in [5.41, 5.74) is 0.935. The maximum atomic E-state index is 12.9. The zero-order chi connectivity index (χ0) is 18.7. The van der Waals surface area contributed by atoms with Gasteiger partial charge in [-0.15, -0.1) is 11.3 Å². The van der Waals surface area contributed by atoms with Gasteiger partial charge < -0.3 is 5.32 Å². The molecule has 0 spiro atoms. The van der Waals surface area contributed by atoms with E-state index >= 15 is 0 Å². The number of amides is 1. The highest BCUT2D eigenvalue weighted by molar-refractivity contribution is 7.89. The molecule has 1 saturated heterocycles. The average molecular weight is 414 g/mol. The van der Waals surface area contributed by atoms with Crippen molar-refractivity contribution in [2.75, 3.05) is 13.1 Å². The fourth-order valence-electron chi connectivity index (χ4n) is 2.99. The zero-order valence-electron chi connectivity index (χ0n) is 14.3. The van der Waals surface area contributed by atoms with E-state index in [0.29, 0.717) is 37.4 Å². The summed E-state index contributed by atoms with van der Waals surface area (Å²) in [5, 5.41) is 6.27. The lowest BCUT2D eigenvalue weighted by molar-refractivity contribution is -0.124. The highest BCUT2D eigenvalue weighted by Crippen LogP contribution is 2.27. The lowest BCUT2D eigenvalue weighted by atomic mass is 10.2. The Morgan fingerprint density at radius 3 is 2.77 bits per heavy atom. The molecule has 140 valence electrons. The van der Waals surface area contributed by atoms with E-state index in [0.717, 1.165) is 10.7 Å². The molecule has 2 heterocycles. The predicted octanol–water partition coefficient (Wildman–Crippen LogP) is 2.62. The number of hydrogen-bond acceptors (Lipinski definition) is 5. The number of carbonyl (C=O) groups is 1. The van der Waals surface area contributed by atoms with Gasteiger partial charge in [0.05, 0.1) is 15.6 Å². The van der Waals surface area contributed by atoms with Crippen molar-refractivity contribution >= 4 is 38.9 Å². The summed E-state index contributed by atoms with van der Waals surface area (Å²) in [4.78, 5) is 17.0. The highest BCUT2D eigenvalue weighted by atomic mass is 35.5. The fourth-order valence-corrected chi connectivity index (χ4v) is 5.42. The van der Waals surface area contributed by atoms with Gasteiger partial charge in [0.25, 0.3) is 0 Å². The number of aryl methyl sites for hydroxylation is 1. The van der Waals surface area contributed by atoms with Crippen LogP contribution in [-0.4, -0.2) is 42.7 Å². The Bertz CT molecular complexity index is 881. The van der Waals surface area contributed by atoms with Gasteiger partial charge in [-0.1, -0.05) is 11.6 Å². The number of thiazole rings is 1. The summed E-state index contributed by atoms with van der Waals surface area (Å²) >= 11 is 7.40. The fraction of sp³-hybridized carbons (Fsp3) is 0.412. The Labute approximate surface area is 162 Å². The summed E-state index contributed by atoms with van der Waals surface area (Å²) in [7, 11) is -3.72. The third-order valence-electron chi connectivity index (χ3n) is 4.27. The SMILES string of the molecule is Cc1nc(CCNC(=O)[C@H]2CCCN2S(=O)(=O)c2ccc(Cl)cc2)cs1. The first-order valence-electron chi connectivity index (χ1n) is 8.34. The molecule has 1 aromatic heterocycles. The number of carbonyl (C=O) groups excluding carboxylic acids is 1. The maximum absolute atomic E-state index is 12.9. The van der Waals surface area contributed by atoms with Crippen LogP contribution in [0, 0.1) is 6.92 Å². The molecule has 0 radical (unpaired) electrons. The quantitative estimate of drug-likeness (QED) is 0.789. The van der Waals surface area contributed by atoms with Crippen LogP contribution < -0.4 is 5.32 Å². The molecule has 1 amide bonds. The standard InChI is InChI=1S/C17H20ClN3O3S2/c1-12-20-14(11-25-12)8-9-19-17(22)16-3-2-10-21(16)26(23,24)15-6-4-13(18)5-7-15/h4-7,11,16H,2-3,8-10H2,1H3,(H,19,22)/t16-/m1/s1. The molecular formula is C17H20ClN3O3S2. The van der Waals surface area contributed by atoms with Crippen LogP contribution in [0.25, 0.3) is 0 Å². The summed E-state index contributed by atoms with van der Waals surface area (Å²) in [6.45, 7) is 2.71. The second-order valence-corrected chi connectivity index (χ2v) is 9.52. The zero-order valence-corrected chi connectivity index (χ0v) is 16.7. The number of hydrogen-bond donors (Lipinski definition) is 1. The van der Waals surface area contributed by atoms with E-state index in [2.05, 4.69) is 10.3 Å². The van der Waals surface area contributed by atoms with Crippen LogP contribution in [0.2, 0.25) is 5.02 Å². The van der Waals surface area contributed by atoms with E-state index in [1.54, 1.807) is 11.3 Å². The number of sulfonamides is 1. The van der Waals surface area contributed by atoms with Gasteiger partial charge >= 0.3 is 0 Å². The molecule has 6 nitrogen and oxygen atoms in total. The Morgan fingerprint density at radius 2 is 2.12 bits per heavy atom. The van der Waals surface area contributed by atoms with E-state index < -0.39 is 16.1 Å². The third kappa shape index (κ3) is 4.25. The normalized spacial score (nSPS) is 18.2. The number of aromatic nitrogens is 1. The molecule has 2 aromatic rings. The molecule has 1 aromatic carbocycles. The Balaban J connectivity index is 1.65. The van der Waals surface area contributed by atoms with Crippen LogP contribution in [0.3, 0.4) is 0 Å². The van der Waals surface area contributed by atoms with Crippen molar-refractivity contribution in [1.29, 1.82) is 0 Å². The van der Waals surface area contributed by atoms with E-state index in [-0.39, 0.29) is 10.8 Å². The van der Waals surface area contributed by atoms with Crippen molar-refractivity contribution in [2.24, 2.45) is 0 Å². The lowest BCUT2D eigenvalue weighted by Gasteiger charge is -2.23. The van der Waals surface area contributed by atoms with Gasteiger partial charge in [0.15, 0.2) is 0 Å². The minimum atomic E-state index is -3.72. The van der Waals surface area contributed by atoms with Gasteiger partial charge in [0, 0.05) is 29.9 Å². The number of benzene rings is 1. The van der Waals surface area contributed by atoms with E-state index in [4.69, 9.17) is 11.6 Å². The minimum Gasteiger partial charge on any atom is -0.354 e. The molecule has 1 fully saturated rings. The maximum Gasteiger partial charge on any atom is 0.243 e. The van der Waals surface area contributed by atoms with Crippen LogP contribution in [0.1, 0.15) is 23.5 Å². The third-order valence-corrected chi connectivity index (χ3v) is 7.27. The van der Waals surface area contributed by atoms with Crippen molar-refractivity contribution in [3.05, 3.63) is 45.4 Å². The number of nitrogens with zero attached hydrogens (tertiary/aromatic N) is 2. The number of halogens is 1. The molecule has 26 heavy (non-hydrogen) atoms. The second kappa shape index (κ2) is 8.04. The van der Waals surface area contributed by atoms with Crippen LogP contribution in [0.4, 0.5) is 0 Å². The topological polar surface area (TPSA) is 79.4 Å². The molecule has 0 bridgehead atoms. The van der Waals surface area contributed by atoms with Gasteiger partial charge in [-0.2, -0.15) is 4.31 Å². The summed E-state index contributed by atoms with van der Waals surface area (Å²) in [6.07, 6.45) is 1.82. The van der Waals surface area contributed by atoms with Crippen molar-refractivity contribution in [3.63, 3.8) is 0 Å². The van der Waals surface area contributed by atoms with E-state index in [1.165, 1.54) is 28.6 Å². The first-order valence-corrected chi connectivity index (χ1v) is 11.0. The largest absolute Gasteiger partial charge is 0.354 e. The van der Waals surface area contributed by atoms with Crippen molar-refractivity contribution < 1.29 is 13.2 Å². The smallest absolute Gasteiger partial charge is 0.243 e. The summed E-state index contributed by atoms with van der Waals surface area (Å²) in [6, 6.07) is 5.34. The molecular weight excluding hydrogens is 394 g/mol. The second-order valence-electron chi connectivity index (χ2n) is 6.13. The molecule has 1 N–H and O–H groups in total. The van der Waals surface area contributed by atoms with Crippen molar-refractivity contribution in [1.82, 2.24) is 14.6 Å². The van der Waals surface area contributed by atoms with Crippen LogP contribution >= 0.6 is 22.9 Å². The van der Waals surface area contributed by atoms with Gasteiger partial charge in [-0.3, -0.25) is 4.79 Å². The number of nitrogens with one attached hydrogen (secondary N) is 1. The summed E-state index contributed by atoms with van der Waals surface area (Å²) < 4.78 is 27.0. The number of rotatable bonds is 6. The van der Waals surface area contributed by atoms with Crippen LogP contribution in [-0.2, 0) is 21.2 Å². The monoisotopic (exact) mass is 413 g/mol. The molecule has 0 aliphatic carbocycles. The first kappa shape index (κ1) is 19.3. The minimum absolute atomic E-state index is 0.152. The van der Waals surface area contributed by atoms with E-state index in [1.807, 2.05) is 12.3 Å². The van der Waals surface area contributed by atoms with Crippen molar-refractivity contribution in [3.8, 4) is 0 Å². The average Bonchev–Trinajstić information content (AvgIpc) is 3.24. The molecule has 3 rings (SSSR count). The first-order chi connectivity index (χ1) is 12.4. The van der Waals surface area contributed by atoms with Gasteiger partial charge in [0.2, 0.25) is 15.9 Å². The Morgan fingerprint density at radius 1 is 1.38 bits per heavy atom. The molecule has 9 heteroatoms. The molecule has 0 unspecified atom stereocenters. The molecule has 1 atom stereocenters. The predicted molar refractivity (Wildman–Crippen MR) is 102 cm³/mol. The van der Waals surface area contributed by atoms with Gasteiger partial charge in [-0.25, -0.2) is 13.4 Å². The molecule has 1 aliphatic rings.